The zero-order chi connectivity index (χ0) is 23.4. The number of hydrogen-bond donors (Lipinski definition) is 1. The second kappa shape index (κ2) is 9.39. The number of rotatable bonds is 8. The summed E-state index contributed by atoms with van der Waals surface area (Å²) in [6.45, 7) is 3.29. The molecule has 0 atom stereocenters. The summed E-state index contributed by atoms with van der Waals surface area (Å²) in [6.07, 6.45) is 2.01. The number of sulfonamides is 1. The summed E-state index contributed by atoms with van der Waals surface area (Å²) >= 11 is 0. The van der Waals surface area contributed by atoms with Crippen molar-refractivity contribution in [3.05, 3.63) is 83.9 Å². The van der Waals surface area contributed by atoms with Crippen LogP contribution in [0.25, 0.3) is 22.2 Å². The molecule has 6 nitrogen and oxygen atoms in total. The van der Waals surface area contributed by atoms with E-state index < -0.39 is 10.0 Å². The molecule has 168 valence electrons. The number of benzene rings is 3. The van der Waals surface area contributed by atoms with Crippen LogP contribution in [0.3, 0.4) is 0 Å². The molecule has 0 saturated carbocycles. The number of nitriles is 1. The maximum atomic E-state index is 11.5. The van der Waals surface area contributed by atoms with E-state index in [0.29, 0.717) is 17.9 Å². The van der Waals surface area contributed by atoms with E-state index in [0.717, 1.165) is 52.7 Å². The second-order valence-corrected chi connectivity index (χ2v) is 9.64. The van der Waals surface area contributed by atoms with Crippen LogP contribution in [0.5, 0.6) is 5.75 Å². The van der Waals surface area contributed by atoms with E-state index in [1.165, 1.54) is 0 Å². The first kappa shape index (κ1) is 22.4. The largest absolute Gasteiger partial charge is 0.489 e. The Kier molecular flexibility index (Phi) is 6.38. The Balaban J connectivity index is 1.75. The molecule has 7 heteroatoms. The molecule has 1 N–H and O–H groups in total. The zero-order valence-corrected chi connectivity index (χ0v) is 19.4. The van der Waals surface area contributed by atoms with E-state index in [4.69, 9.17) is 4.74 Å². The molecule has 3 aromatic carbocycles. The molecule has 1 heterocycles. The highest BCUT2D eigenvalue weighted by atomic mass is 32.2. The first-order valence-corrected chi connectivity index (χ1v) is 12.6. The van der Waals surface area contributed by atoms with Gasteiger partial charge in [0.2, 0.25) is 10.0 Å². The maximum absolute atomic E-state index is 11.5. The van der Waals surface area contributed by atoms with E-state index in [2.05, 4.69) is 22.3 Å². The third kappa shape index (κ3) is 5.02. The highest BCUT2D eigenvalue weighted by Crippen LogP contribution is 2.36. The number of nitrogens with one attached hydrogen (secondary N) is 1. The van der Waals surface area contributed by atoms with Gasteiger partial charge in [0.25, 0.3) is 0 Å². The molecule has 0 aliphatic carbocycles. The maximum Gasteiger partial charge on any atom is 0.229 e. The summed E-state index contributed by atoms with van der Waals surface area (Å²) < 4.78 is 33.7. The van der Waals surface area contributed by atoms with Gasteiger partial charge < -0.3 is 9.30 Å². The minimum Gasteiger partial charge on any atom is -0.489 e. The number of hydrogen-bond acceptors (Lipinski definition) is 4. The van der Waals surface area contributed by atoms with Crippen LogP contribution in [0.1, 0.15) is 24.5 Å². The minimum absolute atomic E-state index is 0.466. The lowest BCUT2D eigenvalue weighted by atomic mass is 10.1. The molecule has 1 aromatic heterocycles. The van der Waals surface area contributed by atoms with Crippen molar-refractivity contribution >= 4 is 26.6 Å². The van der Waals surface area contributed by atoms with Crippen LogP contribution in [-0.4, -0.2) is 19.2 Å². The molecule has 0 saturated heterocycles. The SMILES string of the molecule is CCCn1c(-c2ccc(NS(C)(=O)=O)cc2)c(C#N)c2ccc(OCc3ccccc3)cc21. The summed E-state index contributed by atoms with van der Waals surface area (Å²) in [4.78, 5) is 0. The van der Waals surface area contributed by atoms with Crippen LogP contribution in [0, 0.1) is 11.3 Å². The molecule has 4 aromatic rings. The van der Waals surface area contributed by atoms with Crippen molar-refractivity contribution in [2.24, 2.45) is 0 Å². The summed E-state index contributed by atoms with van der Waals surface area (Å²) in [5.74, 6) is 0.741. The number of aryl methyl sites for hydroxylation is 1. The van der Waals surface area contributed by atoms with E-state index >= 15 is 0 Å². The van der Waals surface area contributed by atoms with E-state index in [-0.39, 0.29) is 0 Å². The molecule has 0 aliphatic rings. The van der Waals surface area contributed by atoms with Crippen LogP contribution in [-0.2, 0) is 23.2 Å². The monoisotopic (exact) mass is 459 g/mol. The molecule has 0 radical (unpaired) electrons. The van der Waals surface area contributed by atoms with E-state index in [1.54, 1.807) is 12.1 Å². The predicted molar refractivity (Wildman–Crippen MR) is 132 cm³/mol. The first-order valence-electron chi connectivity index (χ1n) is 10.7. The Labute approximate surface area is 194 Å². The van der Waals surface area contributed by atoms with Gasteiger partial charge in [0, 0.05) is 23.7 Å². The van der Waals surface area contributed by atoms with Crippen molar-refractivity contribution in [2.75, 3.05) is 11.0 Å². The van der Waals surface area contributed by atoms with Gasteiger partial charge >= 0.3 is 0 Å². The van der Waals surface area contributed by atoms with E-state index in [1.807, 2.05) is 60.7 Å². The lowest BCUT2D eigenvalue weighted by molar-refractivity contribution is 0.306. The fourth-order valence-electron chi connectivity index (χ4n) is 3.94. The van der Waals surface area contributed by atoms with E-state index in [9.17, 15) is 13.7 Å². The standard InChI is InChI=1S/C26H25N3O3S/c1-3-15-29-25-16-22(32-18-19-7-5-4-6-8-19)13-14-23(25)24(17-27)26(29)20-9-11-21(12-10-20)28-33(2,30)31/h4-14,16,28H,3,15,18H2,1-2H3. The lowest BCUT2D eigenvalue weighted by Gasteiger charge is -2.12. The second-order valence-electron chi connectivity index (χ2n) is 7.89. The average Bonchev–Trinajstić information content (AvgIpc) is 3.11. The molecule has 33 heavy (non-hydrogen) atoms. The van der Waals surface area contributed by atoms with Crippen LogP contribution < -0.4 is 9.46 Å². The Morgan fingerprint density at radius 2 is 1.76 bits per heavy atom. The average molecular weight is 460 g/mol. The third-order valence-corrected chi connectivity index (χ3v) is 5.91. The van der Waals surface area contributed by atoms with Crippen LogP contribution in [0.4, 0.5) is 5.69 Å². The van der Waals surface area contributed by atoms with Gasteiger partial charge in [-0.15, -0.1) is 0 Å². The van der Waals surface area contributed by atoms with Crippen molar-refractivity contribution in [2.45, 2.75) is 26.5 Å². The highest BCUT2D eigenvalue weighted by Gasteiger charge is 2.19. The molecule has 4 rings (SSSR count). The van der Waals surface area contributed by atoms with Gasteiger partial charge in [-0.1, -0.05) is 49.4 Å². The van der Waals surface area contributed by atoms with Crippen LogP contribution in [0.2, 0.25) is 0 Å². The zero-order valence-electron chi connectivity index (χ0n) is 18.6. The minimum atomic E-state index is -3.36. The Hall–Kier alpha value is -3.76. The number of ether oxygens (including phenoxy) is 1. The van der Waals surface area contributed by atoms with Crippen molar-refractivity contribution in [3.8, 4) is 23.1 Å². The summed E-state index contributed by atoms with van der Waals surface area (Å²) in [5, 5.41) is 10.9. The summed E-state index contributed by atoms with van der Waals surface area (Å²) in [6, 6.07) is 25.3. The fraction of sp³-hybridized carbons (Fsp3) is 0.192. The Bertz CT molecular complexity index is 1420. The van der Waals surface area contributed by atoms with Gasteiger partial charge in [0.05, 0.1) is 23.0 Å². The smallest absolute Gasteiger partial charge is 0.229 e. The fourth-order valence-corrected chi connectivity index (χ4v) is 4.50. The summed E-state index contributed by atoms with van der Waals surface area (Å²) in [7, 11) is -3.36. The molecule has 0 aliphatic heterocycles. The topological polar surface area (TPSA) is 84.1 Å². The highest BCUT2D eigenvalue weighted by molar-refractivity contribution is 7.92. The molecule has 0 fully saturated rings. The van der Waals surface area contributed by atoms with Gasteiger partial charge in [0.15, 0.2) is 0 Å². The normalized spacial score (nSPS) is 11.3. The van der Waals surface area contributed by atoms with Gasteiger partial charge in [-0.2, -0.15) is 5.26 Å². The van der Waals surface area contributed by atoms with Crippen molar-refractivity contribution in [1.29, 1.82) is 5.26 Å². The summed E-state index contributed by atoms with van der Waals surface area (Å²) in [5.41, 5.74) is 4.77. The lowest BCUT2D eigenvalue weighted by Crippen LogP contribution is -2.09. The Morgan fingerprint density at radius 3 is 2.39 bits per heavy atom. The predicted octanol–water partition coefficient (Wildman–Crippen LogP) is 5.54. The Morgan fingerprint density at radius 1 is 1.03 bits per heavy atom. The van der Waals surface area contributed by atoms with Crippen molar-refractivity contribution in [3.63, 3.8) is 0 Å². The first-order chi connectivity index (χ1) is 15.9. The number of fused-ring (bicyclic) bond motifs is 1. The molecular weight excluding hydrogens is 434 g/mol. The van der Waals surface area contributed by atoms with Gasteiger partial charge in [0.1, 0.15) is 18.4 Å². The van der Waals surface area contributed by atoms with Crippen LogP contribution >= 0.6 is 0 Å². The number of anilines is 1. The molecule has 0 amide bonds. The van der Waals surface area contributed by atoms with Gasteiger partial charge in [-0.25, -0.2) is 8.42 Å². The van der Waals surface area contributed by atoms with Crippen LogP contribution in [0.15, 0.2) is 72.8 Å². The van der Waals surface area contributed by atoms with Gasteiger partial charge in [-0.3, -0.25) is 4.72 Å². The third-order valence-electron chi connectivity index (χ3n) is 5.30. The van der Waals surface area contributed by atoms with Gasteiger partial charge in [-0.05, 0) is 41.8 Å². The molecule has 0 bridgehead atoms. The molecule has 0 spiro atoms. The van der Waals surface area contributed by atoms with Crippen molar-refractivity contribution < 1.29 is 13.2 Å². The van der Waals surface area contributed by atoms with Crippen molar-refractivity contribution in [1.82, 2.24) is 4.57 Å². The molecular formula is C26H25N3O3S. The number of nitrogens with zero attached hydrogens (tertiary/aromatic N) is 2. The molecule has 0 unspecified atom stereocenters. The number of aromatic nitrogens is 1. The quantitative estimate of drug-likeness (QED) is 0.375.